The van der Waals surface area contributed by atoms with Gasteiger partial charge in [-0.15, -0.1) is 0 Å². The van der Waals surface area contributed by atoms with Crippen molar-refractivity contribution in [2.75, 3.05) is 5.32 Å². The Labute approximate surface area is 213 Å². The van der Waals surface area contributed by atoms with Crippen LogP contribution < -0.4 is 21.9 Å². The van der Waals surface area contributed by atoms with Gasteiger partial charge in [0, 0.05) is 6.20 Å². The Kier molecular flexibility index (Phi) is 8.49. The molecule has 1 atom stereocenters. The third-order valence-corrected chi connectivity index (χ3v) is 5.48. The number of aromatic amines is 1. The van der Waals surface area contributed by atoms with Crippen LogP contribution in [0.15, 0.2) is 53.5 Å². The fourth-order valence-corrected chi connectivity index (χ4v) is 3.95. The molecule has 2 heterocycles. The molecule has 1 unspecified atom stereocenters. The van der Waals surface area contributed by atoms with E-state index >= 15 is 0 Å². The van der Waals surface area contributed by atoms with Gasteiger partial charge in [0.25, 0.3) is 5.56 Å². The topological polar surface area (TPSA) is 172 Å². The molecule has 2 aromatic heterocycles. The maximum absolute atomic E-state index is 13.1. The smallest absolute Gasteiger partial charge is 0.405 e. The number of H-pyrrole nitrogens is 1. The molecule has 0 fully saturated rings. The first-order valence-corrected chi connectivity index (χ1v) is 11.8. The van der Waals surface area contributed by atoms with Crippen molar-refractivity contribution in [1.82, 2.24) is 19.9 Å². The second-order valence-electron chi connectivity index (χ2n) is 9.96. The van der Waals surface area contributed by atoms with Crippen LogP contribution in [0.1, 0.15) is 45.0 Å². The highest BCUT2D eigenvalue weighted by molar-refractivity contribution is 5.96. The minimum Gasteiger partial charge on any atom is -0.465 e. The van der Waals surface area contributed by atoms with Gasteiger partial charge in [0.15, 0.2) is 0 Å². The number of hydrogen-bond acceptors (Lipinski definition) is 5. The van der Waals surface area contributed by atoms with Gasteiger partial charge in [-0.1, -0.05) is 39.0 Å². The van der Waals surface area contributed by atoms with Gasteiger partial charge >= 0.3 is 6.09 Å². The van der Waals surface area contributed by atoms with Crippen LogP contribution in [0.2, 0.25) is 0 Å². The first-order valence-electron chi connectivity index (χ1n) is 11.8. The predicted molar refractivity (Wildman–Crippen MR) is 140 cm³/mol. The lowest BCUT2D eigenvalue weighted by atomic mass is 9.88. The number of pyridine rings is 1. The van der Waals surface area contributed by atoms with E-state index in [2.05, 4.69) is 36.4 Å². The lowest BCUT2D eigenvalue weighted by Crippen LogP contribution is -2.44. The molecule has 3 aromatic rings. The third-order valence-electron chi connectivity index (χ3n) is 5.48. The maximum Gasteiger partial charge on any atom is 0.405 e. The van der Waals surface area contributed by atoms with Gasteiger partial charge < -0.3 is 31.0 Å². The summed E-state index contributed by atoms with van der Waals surface area (Å²) < 4.78 is 1.41. The molecule has 0 bridgehead atoms. The molecule has 0 radical (unpaired) electrons. The van der Waals surface area contributed by atoms with Crippen molar-refractivity contribution in [2.24, 2.45) is 11.1 Å². The zero-order valence-corrected chi connectivity index (χ0v) is 21.1. The second kappa shape index (κ2) is 11.5. The summed E-state index contributed by atoms with van der Waals surface area (Å²) in [7, 11) is 0. The Bertz CT molecular complexity index is 1380. The number of rotatable bonds is 10. The molecule has 196 valence electrons. The Morgan fingerprint density at radius 1 is 1.22 bits per heavy atom. The van der Waals surface area contributed by atoms with E-state index < -0.39 is 29.5 Å². The Morgan fingerprint density at radius 2 is 1.97 bits per heavy atom. The van der Waals surface area contributed by atoms with Crippen molar-refractivity contribution in [3.05, 3.63) is 70.4 Å². The van der Waals surface area contributed by atoms with Crippen LogP contribution in [0, 0.1) is 5.41 Å². The minimum atomic E-state index is -1.39. The number of hydrogen-bond donors (Lipinski definition) is 5. The molecule has 0 saturated heterocycles. The van der Waals surface area contributed by atoms with Crippen LogP contribution in [0.25, 0.3) is 11.0 Å². The average molecular weight is 509 g/mol. The molecule has 0 aliphatic carbocycles. The molecule has 11 heteroatoms. The average Bonchev–Trinajstić information content (AvgIpc) is 3.21. The molecular weight excluding hydrogens is 476 g/mol. The normalized spacial score (nSPS) is 12.5. The zero-order valence-electron chi connectivity index (χ0n) is 21.1. The number of nitrogens with zero attached hydrogens (tertiary/aromatic N) is 2. The second-order valence-corrected chi connectivity index (χ2v) is 9.96. The first-order chi connectivity index (χ1) is 17.4. The number of anilines is 1. The van der Waals surface area contributed by atoms with Gasteiger partial charge in [-0.3, -0.25) is 14.4 Å². The summed E-state index contributed by atoms with van der Waals surface area (Å²) in [5, 5.41) is 13.7. The van der Waals surface area contributed by atoms with E-state index in [1.807, 2.05) is 18.2 Å². The molecule has 37 heavy (non-hydrogen) atoms. The molecule has 3 amide bonds. The van der Waals surface area contributed by atoms with Crippen molar-refractivity contribution in [3.8, 4) is 0 Å². The van der Waals surface area contributed by atoms with Gasteiger partial charge in [-0.25, -0.2) is 9.78 Å². The summed E-state index contributed by atoms with van der Waals surface area (Å²) >= 11 is 0. The van der Waals surface area contributed by atoms with E-state index in [0.717, 1.165) is 29.1 Å². The SMILES string of the molecule is CC(C)(C)Cc1cccc2[nH]c(Cn3cccc(NC(=O)C(CCC=CC(N)=O)NC(=O)O)c3=O)nc12. The highest BCUT2D eigenvalue weighted by Crippen LogP contribution is 2.25. The monoisotopic (exact) mass is 508 g/mol. The predicted octanol–water partition coefficient (Wildman–Crippen LogP) is 2.76. The summed E-state index contributed by atoms with van der Waals surface area (Å²) in [5.41, 5.74) is 7.51. The lowest BCUT2D eigenvalue weighted by molar-refractivity contribution is -0.118. The quantitative estimate of drug-likeness (QED) is 0.263. The molecule has 0 aliphatic heterocycles. The van der Waals surface area contributed by atoms with Crippen LogP contribution in [-0.4, -0.2) is 43.6 Å². The Hall–Kier alpha value is -4.41. The van der Waals surface area contributed by atoms with E-state index in [1.165, 1.54) is 16.7 Å². The summed E-state index contributed by atoms with van der Waals surface area (Å²) in [5.74, 6) is -0.749. The van der Waals surface area contributed by atoms with Gasteiger partial charge in [0.2, 0.25) is 11.8 Å². The number of para-hydroxylation sites is 1. The number of aromatic nitrogens is 3. The fourth-order valence-electron chi connectivity index (χ4n) is 3.95. The van der Waals surface area contributed by atoms with Crippen molar-refractivity contribution >= 4 is 34.6 Å². The maximum atomic E-state index is 13.1. The Balaban J connectivity index is 1.78. The molecular formula is C26H32N6O5. The lowest BCUT2D eigenvalue weighted by Gasteiger charge is -2.18. The van der Waals surface area contributed by atoms with Crippen LogP contribution in [0.5, 0.6) is 0 Å². The van der Waals surface area contributed by atoms with Crippen molar-refractivity contribution in [3.63, 3.8) is 0 Å². The number of carboxylic acid groups (broad SMARTS) is 1. The standard InChI is InChI=1S/C26H32N6O5/c1-26(2,3)14-16-8-6-10-17-22(16)31-21(28-17)15-32-13-7-11-19(24(32)35)29-23(34)18(30-25(36)37)9-4-5-12-20(27)33/h5-8,10-13,18,30H,4,9,14-15H2,1-3H3,(H2,27,33)(H,28,31)(H,29,34)(H,36,37). The number of imidazole rings is 1. The summed E-state index contributed by atoms with van der Waals surface area (Å²) in [6.45, 7) is 6.63. The molecule has 6 N–H and O–H groups in total. The van der Waals surface area contributed by atoms with E-state index in [4.69, 9.17) is 15.8 Å². The first kappa shape index (κ1) is 27.2. The van der Waals surface area contributed by atoms with Gasteiger partial charge in [-0.2, -0.15) is 0 Å². The van der Waals surface area contributed by atoms with E-state index in [0.29, 0.717) is 5.82 Å². The summed E-state index contributed by atoms with van der Waals surface area (Å²) in [6, 6.07) is 7.87. The molecule has 0 spiro atoms. The molecule has 0 aliphatic rings. The third kappa shape index (κ3) is 7.79. The fraction of sp³-hybridized carbons (Fsp3) is 0.346. The molecule has 1 aromatic carbocycles. The van der Waals surface area contributed by atoms with Gasteiger partial charge in [0.05, 0.1) is 17.6 Å². The van der Waals surface area contributed by atoms with Crippen molar-refractivity contribution in [2.45, 2.75) is 52.6 Å². The Morgan fingerprint density at radius 3 is 2.65 bits per heavy atom. The minimum absolute atomic E-state index is 0.00176. The van der Waals surface area contributed by atoms with Crippen LogP contribution in [0.3, 0.4) is 0 Å². The van der Waals surface area contributed by atoms with E-state index in [-0.39, 0.29) is 30.5 Å². The van der Waals surface area contributed by atoms with Gasteiger partial charge in [-0.05, 0) is 54.5 Å². The van der Waals surface area contributed by atoms with E-state index in [9.17, 15) is 19.2 Å². The van der Waals surface area contributed by atoms with Crippen LogP contribution >= 0.6 is 0 Å². The largest absolute Gasteiger partial charge is 0.465 e. The number of allylic oxidation sites excluding steroid dienone is 1. The molecule has 0 saturated carbocycles. The van der Waals surface area contributed by atoms with Crippen molar-refractivity contribution < 1.29 is 19.5 Å². The summed E-state index contributed by atoms with van der Waals surface area (Å²) in [4.78, 5) is 55.8. The number of nitrogens with one attached hydrogen (secondary N) is 3. The number of amides is 3. The van der Waals surface area contributed by atoms with E-state index in [1.54, 1.807) is 12.3 Å². The van der Waals surface area contributed by atoms with Crippen molar-refractivity contribution in [1.29, 1.82) is 0 Å². The highest BCUT2D eigenvalue weighted by atomic mass is 16.4. The zero-order chi connectivity index (χ0) is 27.2. The number of fused-ring (bicyclic) bond motifs is 1. The molecule has 3 rings (SSSR count). The summed E-state index contributed by atoms with van der Waals surface area (Å²) in [6.07, 6.45) is 3.92. The molecule has 11 nitrogen and oxygen atoms in total. The number of primary amides is 1. The number of carbonyl (C=O) groups excluding carboxylic acids is 2. The highest BCUT2D eigenvalue weighted by Gasteiger charge is 2.21. The number of carbonyl (C=O) groups is 3. The van der Waals surface area contributed by atoms with Crippen LogP contribution in [0.4, 0.5) is 10.5 Å². The van der Waals surface area contributed by atoms with Crippen LogP contribution in [-0.2, 0) is 22.6 Å². The number of benzene rings is 1. The van der Waals surface area contributed by atoms with Gasteiger partial charge in [0.1, 0.15) is 17.6 Å². The number of nitrogens with two attached hydrogens (primary N) is 1.